The number of hydrogen-bond acceptors (Lipinski definition) is 6. The average molecular weight is 442 g/mol. The molecule has 0 saturated heterocycles. The van der Waals surface area contributed by atoms with Crippen molar-refractivity contribution < 1.29 is 18.7 Å². The monoisotopic (exact) mass is 441 g/mol. The summed E-state index contributed by atoms with van der Waals surface area (Å²) in [4.78, 5) is 14.5. The molecule has 0 aliphatic carbocycles. The normalized spacial score (nSPS) is 11.2. The smallest absolute Gasteiger partial charge is 0.247 e. The first kappa shape index (κ1) is 22.4. The van der Waals surface area contributed by atoms with Gasteiger partial charge in [-0.1, -0.05) is 11.6 Å². The van der Waals surface area contributed by atoms with Crippen LogP contribution >= 0.6 is 11.6 Å². The predicted molar refractivity (Wildman–Crippen MR) is 119 cm³/mol. The molecule has 8 heteroatoms. The van der Waals surface area contributed by atoms with Gasteiger partial charge in [0.15, 0.2) is 0 Å². The Morgan fingerprint density at radius 3 is 2.52 bits per heavy atom. The van der Waals surface area contributed by atoms with E-state index in [-0.39, 0.29) is 18.5 Å². The van der Waals surface area contributed by atoms with Crippen LogP contribution in [-0.4, -0.2) is 41.3 Å². The van der Waals surface area contributed by atoms with Gasteiger partial charge in [-0.25, -0.2) is 0 Å². The largest absolute Gasteiger partial charge is 0.497 e. The van der Waals surface area contributed by atoms with E-state index in [4.69, 9.17) is 25.5 Å². The Bertz CT molecular complexity index is 1060. The van der Waals surface area contributed by atoms with Crippen molar-refractivity contribution in [1.29, 1.82) is 0 Å². The van der Waals surface area contributed by atoms with Crippen LogP contribution in [0.2, 0.25) is 5.02 Å². The van der Waals surface area contributed by atoms with Gasteiger partial charge in [-0.15, -0.1) is 10.2 Å². The fourth-order valence-electron chi connectivity index (χ4n) is 2.91. The number of benzene rings is 2. The quantitative estimate of drug-likeness (QED) is 0.464. The number of halogens is 1. The number of carbonyl (C=O) groups is 1. The molecule has 1 aromatic heterocycles. The van der Waals surface area contributed by atoms with Crippen LogP contribution in [0, 0.1) is 0 Å². The number of rotatable bonds is 8. The molecule has 3 aromatic rings. The Morgan fingerprint density at radius 1 is 1.13 bits per heavy atom. The van der Waals surface area contributed by atoms with Gasteiger partial charge in [0, 0.05) is 28.3 Å². The molecule has 0 aliphatic heterocycles. The zero-order valence-corrected chi connectivity index (χ0v) is 18.6. The molecule has 0 atom stereocenters. The van der Waals surface area contributed by atoms with E-state index in [9.17, 15) is 4.79 Å². The molecular formula is C23H24ClN3O4. The number of methoxy groups -OCH3 is 2. The van der Waals surface area contributed by atoms with Gasteiger partial charge < -0.3 is 18.8 Å². The van der Waals surface area contributed by atoms with Crippen molar-refractivity contribution in [2.24, 2.45) is 0 Å². The van der Waals surface area contributed by atoms with Crippen molar-refractivity contribution in [2.75, 3.05) is 14.2 Å². The summed E-state index contributed by atoms with van der Waals surface area (Å²) in [5.74, 6) is 1.85. The Hall–Kier alpha value is -3.32. The number of amides is 1. The zero-order chi connectivity index (χ0) is 22.4. The van der Waals surface area contributed by atoms with E-state index in [0.29, 0.717) is 28.3 Å². The second kappa shape index (κ2) is 10.1. The minimum Gasteiger partial charge on any atom is -0.497 e. The van der Waals surface area contributed by atoms with E-state index in [1.807, 2.05) is 13.8 Å². The molecule has 0 saturated carbocycles. The minimum atomic E-state index is -0.189. The summed E-state index contributed by atoms with van der Waals surface area (Å²) in [6.07, 6.45) is 3.19. The first-order chi connectivity index (χ1) is 14.9. The third-order valence-corrected chi connectivity index (χ3v) is 4.86. The third-order valence-electron chi connectivity index (χ3n) is 4.61. The van der Waals surface area contributed by atoms with Crippen LogP contribution in [-0.2, 0) is 11.3 Å². The fraction of sp³-hybridized carbons (Fsp3) is 0.261. The molecule has 0 spiro atoms. The van der Waals surface area contributed by atoms with Gasteiger partial charge in [0.25, 0.3) is 0 Å². The molecule has 2 aromatic carbocycles. The van der Waals surface area contributed by atoms with E-state index in [1.165, 1.54) is 6.08 Å². The van der Waals surface area contributed by atoms with Gasteiger partial charge >= 0.3 is 0 Å². The van der Waals surface area contributed by atoms with E-state index in [1.54, 1.807) is 67.7 Å². The lowest BCUT2D eigenvalue weighted by atomic mass is 10.1. The molecule has 1 heterocycles. The maximum Gasteiger partial charge on any atom is 0.247 e. The number of ether oxygens (including phenoxy) is 2. The van der Waals surface area contributed by atoms with Crippen molar-refractivity contribution in [3.8, 4) is 23.0 Å². The highest BCUT2D eigenvalue weighted by Crippen LogP contribution is 2.25. The van der Waals surface area contributed by atoms with Gasteiger partial charge in [-0.2, -0.15) is 0 Å². The minimum absolute atomic E-state index is 0.0739. The van der Waals surface area contributed by atoms with Gasteiger partial charge in [0.2, 0.25) is 17.7 Å². The summed E-state index contributed by atoms with van der Waals surface area (Å²) in [5.41, 5.74) is 1.50. The first-order valence-corrected chi connectivity index (χ1v) is 10.1. The average Bonchev–Trinajstić information content (AvgIpc) is 3.24. The van der Waals surface area contributed by atoms with Crippen LogP contribution in [0.1, 0.15) is 25.3 Å². The molecule has 1 amide bonds. The van der Waals surface area contributed by atoms with Crippen LogP contribution in [0.4, 0.5) is 0 Å². The summed E-state index contributed by atoms with van der Waals surface area (Å²) in [5, 5.41) is 8.79. The number of hydrogen-bond donors (Lipinski definition) is 0. The fourth-order valence-corrected chi connectivity index (χ4v) is 3.04. The predicted octanol–water partition coefficient (Wildman–Crippen LogP) is 4.86. The summed E-state index contributed by atoms with van der Waals surface area (Å²) < 4.78 is 16.4. The SMILES string of the molecule is COc1ccc(OC)c(/C=C/C(=O)N(Cc2nnc(-c3ccc(Cl)cc3)o2)C(C)C)c1. The zero-order valence-electron chi connectivity index (χ0n) is 17.8. The molecule has 0 fully saturated rings. The maximum absolute atomic E-state index is 12.9. The van der Waals surface area contributed by atoms with Gasteiger partial charge in [-0.3, -0.25) is 4.79 Å². The van der Waals surface area contributed by atoms with Crippen molar-refractivity contribution in [3.05, 3.63) is 65.0 Å². The Morgan fingerprint density at radius 2 is 1.87 bits per heavy atom. The topological polar surface area (TPSA) is 77.7 Å². The van der Waals surface area contributed by atoms with Crippen LogP contribution in [0.15, 0.2) is 53.0 Å². The number of nitrogens with zero attached hydrogens (tertiary/aromatic N) is 3. The Kier molecular flexibility index (Phi) is 7.31. The van der Waals surface area contributed by atoms with Crippen molar-refractivity contribution >= 4 is 23.6 Å². The van der Waals surface area contributed by atoms with E-state index < -0.39 is 0 Å². The highest BCUT2D eigenvalue weighted by Gasteiger charge is 2.19. The van der Waals surface area contributed by atoms with Crippen molar-refractivity contribution in [1.82, 2.24) is 15.1 Å². The van der Waals surface area contributed by atoms with Crippen molar-refractivity contribution in [3.63, 3.8) is 0 Å². The highest BCUT2D eigenvalue weighted by molar-refractivity contribution is 6.30. The molecule has 3 rings (SSSR count). The lowest BCUT2D eigenvalue weighted by Gasteiger charge is -2.23. The summed E-state index contributed by atoms with van der Waals surface area (Å²) >= 11 is 5.92. The van der Waals surface area contributed by atoms with Crippen LogP contribution < -0.4 is 9.47 Å². The summed E-state index contributed by atoms with van der Waals surface area (Å²) in [6, 6.07) is 12.4. The van der Waals surface area contributed by atoms with E-state index >= 15 is 0 Å². The molecule has 0 bridgehead atoms. The third kappa shape index (κ3) is 5.64. The van der Waals surface area contributed by atoms with Crippen LogP contribution in [0.25, 0.3) is 17.5 Å². The van der Waals surface area contributed by atoms with Gasteiger partial charge in [-0.05, 0) is 62.4 Å². The molecule has 31 heavy (non-hydrogen) atoms. The van der Waals surface area contributed by atoms with Crippen molar-refractivity contribution in [2.45, 2.75) is 26.4 Å². The first-order valence-electron chi connectivity index (χ1n) is 9.70. The molecule has 0 N–H and O–H groups in total. The number of aromatic nitrogens is 2. The molecular weight excluding hydrogens is 418 g/mol. The van der Waals surface area contributed by atoms with E-state index in [2.05, 4.69) is 10.2 Å². The molecule has 0 radical (unpaired) electrons. The lowest BCUT2D eigenvalue weighted by Crippen LogP contribution is -2.35. The number of carbonyl (C=O) groups excluding carboxylic acids is 1. The van der Waals surface area contributed by atoms with Gasteiger partial charge in [0.05, 0.1) is 20.8 Å². The summed E-state index contributed by atoms with van der Waals surface area (Å²) in [7, 11) is 3.17. The Balaban J connectivity index is 1.76. The molecule has 0 aliphatic rings. The summed E-state index contributed by atoms with van der Waals surface area (Å²) in [6.45, 7) is 4.04. The molecule has 7 nitrogen and oxygen atoms in total. The second-order valence-electron chi connectivity index (χ2n) is 7.01. The second-order valence-corrected chi connectivity index (χ2v) is 7.45. The van der Waals surface area contributed by atoms with Gasteiger partial charge in [0.1, 0.15) is 11.5 Å². The highest BCUT2D eigenvalue weighted by atomic mass is 35.5. The molecule has 162 valence electrons. The standard InChI is InChI=1S/C23H24ClN3O4/c1-15(2)27(14-21-25-26-23(31-21)16-5-8-18(24)9-6-16)22(28)12-7-17-13-19(29-3)10-11-20(17)30-4/h5-13,15H,14H2,1-4H3/b12-7+. The molecule has 0 unspecified atom stereocenters. The van der Waals surface area contributed by atoms with Crippen LogP contribution in [0.5, 0.6) is 11.5 Å². The Labute approximate surface area is 186 Å². The van der Waals surface area contributed by atoms with E-state index in [0.717, 1.165) is 11.1 Å². The maximum atomic E-state index is 12.9. The lowest BCUT2D eigenvalue weighted by molar-refractivity contribution is -0.128. The van der Waals surface area contributed by atoms with Crippen LogP contribution in [0.3, 0.4) is 0 Å².